The van der Waals surface area contributed by atoms with Gasteiger partial charge in [0.2, 0.25) is 0 Å². The van der Waals surface area contributed by atoms with Crippen LogP contribution in [0.4, 0.5) is 0 Å². The second kappa shape index (κ2) is 7.02. The Labute approximate surface area is 118 Å². The zero-order valence-corrected chi connectivity index (χ0v) is 13.0. The van der Waals surface area contributed by atoms with Gasteiger partial charge in [-0.05, 0) is 53.2 Å². The number of rotatable bonds is 5. The third-order valence-electron chi connectivity index (χ3n) is 4.77. The number of piperidine rings is 1. The molecule has 2 aliphatic heterocycles. The van der Waals surface area contributed by atoms with Gasteiger partial charge in [0.05, 0.1) is 0 Å². The molecule has 0 bridgehead atoms. The Morgan fingerprint density at radius 2 is 1.95 bits per heavy atom. The Morgan fingerprint density at radius 1 is 1.21 bits per heavy atom. The van der Waals surface area contributed by atoms with E-state index in [1.165, 1.54) is 45.4 Å². The van der Waals surface area contributed by atoms with E-state index in [1.54, 1.807) is 0 Å². The summed E-state index contributed by atoms with van der Waals surface area (Å²) in [4.78, 5) is 5.08. The second-order valence-corrected chi connectivity index (χ2v) is 6.86. The van der Waals surface area contributed by atoms with E-state index in [-0.39, 0.29) is 0 Å². The SMILES string of the molecule is CN1CCCC(NCCC(C)(C)N2CCNCC2)C1. The highest BCUT2D eigenvalue weighted by Gasteiger charge is 2.27. The molecule has 1 atom stereocenters. The Morgan fingerprint density at radius 3 is 2.63 bits per heavy atom. The third-order valence-corrected chi connectivity index (χ3v) is 4.77. The average molecular weight is 268 g/mol. The predicted octanol–water partition coefficient (Wildman–Crippen LogP) is 0.744. The molecule has 0 radical (unpaired) electrons. The molecule has 0 saturated carbocycles. The summed E-state index contributed by atoms with van der Waals surface area (Å²) in [5, 5.41) is 7.20. The van der Waals surface area contributed by atoms with E-state index in [0.717, 1.165) is 19.6 Å². The first kappa shape index (κ1) is 15.2. The molecule has 2 N–H and O–H groups in total. The molecule has 2 aliphatic rings. The van der Waals surface area contributed by atoms with Gasteiger partial charge in [0.1, 0.15) is 0 Å². The van der Waals surface area contributed by atoms with Crippen molar-refractivity contribution in [1.82, 2.24) is 20.4 Å². The average Bonchev–Trinajstić information content (AvgIpc) is 2.40. The van der Waals surface area contributed by atoms with Crippen LogP contribution in [0.2, 0.25) is 0 Å². The maximum absolute atomic E-state index is 3.76. The van der Waals surface area contributed by atoms with Crippen LogP contribution in [-0.2, 0) is 0 Å². The quantitative estimate of drug-likeness (QED) is 0.770. The monoisotopic (exact) mass is 268 g/mol. The summed E-state index contributed by atoms with van der Waals surface area (Å²) >= 11 is 0. The molecular weight excluding hydrogens is 236 g/mol. The van der Waals surface area contributed by atoms with Crippen molar-refractivity contribution in [3.8, 4) is 0 Å². The first-order chi connectivity index (χ1) is 9.08. The summed E-state index contributed by atoms with van der Waals surface area (Å²) in [6, 6.07) is 0.706. The summed E-state index contributed by atoms with van der Waals surface area (Å²) in [5.41, 5.74) is 0.329. The number of hydrogen-bond donors (Lipinski definition) is 2. The molecular formula is C15H32N4. The Balaban J connectivity index is 1.68. The van der Waals surface area contributed by atoms with Gasteiger partial charge in [0.15, 0.2) is 0 Å². The molecule has 2 rings (SSSR count). The van der Waals surface area contributed by atoms with Crippen molar-refractivity contribution in [3.05, 3.63) is 0 Å². The number of piperazine rings is 1. The van der Waals surface area contributed by atoms with Crippen molar-refractivity contribution in [2.24, 2.45) is 0 Å². The van der Waals surface area contributed by atoms with E-state index in [2.05, 4.69) is 41.3 Å². The van der Waals surface area contributed by atoms with E-state index in [1.807, 2.05) is 0 Å². The fourth-order valence-corrected chi connectivity index (χ4v) is 3.34. The van der Waals surface area contributed by atoms with Crippen LogP contribution in [0.1, 0.15) is 33.1 Å². The molecule has 0 aromatic heterocycles. The molecule has 0 aromatic carbocycles. The maximum atomic E-state index is 3.76. The number of nitrogens with zero attached hydrogens (tertiary/aromatic N) is 2. The molecule has 0 spiro atoms. The molecule has 2 saturated heterocycles. The molecule has 4 nitrogen and oxygen atoms in total. The van der Waals surface area contributed by atoms with Crippen molar-refractivity contribution in [2.75, 3.05) is 52.9 Å². The fraction of sp³-hybridized carbons (Fsp3) is 1.00. The number of likely N-dealkylation sites (N-methyl/N-ethyl adjacent to an activating group) is 1. The third kappa shape index (κ3) is 4.71. The lowest BCUT2D eigenvalue weighted by atomic mass is 9.96. The van der Waals surface area contributed by atoms with Gasteiger partial charge in [-0.2, -0.15) is 0 Å². The Bertz CT molecular complexity index is 261. The largest absolute Gasteiger partial charge is 0.314 e. The molecule has 0 aromatic rings. The van der Waals surface area contributed by atoms with Crippen molar-refractivity contribution in [1.29, 1.82) is 0 Å². The number of nitrogens with one attached hydrogen (secondary N) is 2. The van der Waals surface area contributed by atoms with Crippen LogP contribution in [0.3, 0.4) is 0 Å². The first-order valence-corrected chi connectivity index (χ1v) is 7.96. The van der Waals surface area contributed by atoms with Crippen LogP contribution in [0.25, 0.3) is 0 Å². The van der Waals surface area contributed by atoms with Gasteiger partial charge in [-0.15, -0.1) is 0 Å². The van der Waals surface area contributed by atoms with Crippen LogP contribution in [-0.4, -0.2) is 74.2 Å². The lowest BCUT2D eigenvalue weighted by molar-refractivity contribution is 0.0935. The molecule has 2 fully saturated rings. The van der Waals surface area contributed by atoms with Gasteiger partial charge < -0.3 is 15.5 Å². The Kier molecular flexibility index (Phi) is 5.63. The standard InChI is InChI=1S/C15H32N4/c1-15(2,19-11-8-16-9-12-19)6-7-17-14-5-4-10-18(3)13-14/h14,16-17H,4-13H2,1-3H3. The number of likely N-dealkylation sites (tertiary alicyclic amines) is 1. The summed E-state index contributed by atoms with van der Waals surface area (Å²) < 4.78 is 0. The molecule has 2 heterocycles. The van der Waals surface area contributed by atoms with Gasteiger partial charge in [-0.3, -0.25) is 4.90 Å². The predicted molar refractivity (Wildman–Crippen MR) is 81.7 cm³/mol. The highest BCUT2D eigenvalue weighted by molar-refractivity contribution is 4.86. The van der Waals surface area contributed by atoms with Crippen LogP contribution >= 0.6 is 0 Å². The summed E-state index contributed by atoms with van der Waals surface area (Å²) in [6.07, 6.45) is 3.93. The summed E-state index contributed by atoms with van der Waals surface area (Å²) in [7, 11) is 2.23. The van der Waals surface area contributed by atoms with Crippen LogP contribution in [0.5, 0.6) is 0 Å². The Hall–Kier alpha value is -0.160. The normalized spacial score (nSPS) is 27.6. The van der Waals surface area contributed by atoms with Crippen molar-refractivity contribution in [3.63, 3.8) is 0 Å². The minimum atomic E-state index is 0.329. The van der Waals surface area contributed by atoms with Crippen molar-refractivity contribution >= 4 is 0 Å². The second-order valence-electron chi connectivity index (χ2n) is 6.86. The van der Waals surface area contributed by atoms with Gasteiger partial charge in [0.25, 0.3) is 0 Å². The van der Waals surface area contributed by atoms with Crippen molar-refractivity contribution < 1.29 is 0 Å². The van der Waals surface area contributed by atoms with E-state index < -0.39 is 0 Å². The van der Waals surface area contributed by atoms with E-state index in [4.69, 9.17) is 0 Å². The molecule has 19 heavy (non-hydrogen) atoms. The minimum Gasteiger partial charge on any atom is -0.314 e. The van der Waals surface area contributed by atoms with Crippen LogP contribution in [0.15, 0.2) is 0 Å². The van der Waals surface area contributed by atoms with Gasteiger partial charge in [-0.1, -0.05) is 0 Å². The molecule has 4 heteroatoms. The minimum absolute atomic E-state index is 0.329. The smallest absolute Gasteiger partial charge is 0.0195 e. The zero-order chi connectivity index (χ0) is 13.7. The van der Waals surface area contributed by atoms with Gasteiger partial charge in [0, 0.05) is 44.3 Å². The van der Waals surface area contributed by atoms with E-state index in [0.29, 0.717) is 11.6 Å². The van der Waals surface area contributed by atoms with Gasteiger partial charge in [-0.25, -0.2) is 0 Å². The highest BCUT2D eigenvalue weighted by atomic mass is 15.2. The van der Waals surface area contributed by atoms with Gasteiger partial charge >= 0.3 is 0 Å². The highest BCUT2D eigenvalue weighted by Crippen LogP contribution is 2.19. The maximum Gasteiger partial charge on any atom is 0.0195 e. The van der Waals surface area contributed by atoms with Crippen LogP contribution < -0.4 is 10.6 Å². The summed E-state index contributed by atoms with van der Waals surface area (Å²) in [5.74, 6) is 0. The zero-order valence-electron chi connectivity index (χ0n) is 13.0. The van der Waals surface area contributed by atoms with Crippen molar-refractivity contribution in [2.45, 2.75) is 44.7 Å². The van der Waals surface area contributed by atoms with E-state index in [9.17, 15) is 0 Å². The van der Waals surface area contributed by atoms with Crippen LogP contribution in [0, 0.1) is 0 Å². The molecule has 1 unspecified atom stereocenters. The van der Waals surface area contributed by atoms with E-state index >= 15 is 0 Å². The lowest BCUT2D eigenvalue weighted by Crippen LogP contribution is -2.54. The lowest BCUT2D eigenvalue weighted by Gasteiger charge is -2.42. The molecule has 0 amide bonds. The molecule has 112 valence electrons. The number of hydrogen-bond acceptors (Lipinski definition) is 4. The fourth-order valence-electron chi connectivity index (χ4n) is 3.34. The summed E-state index contributed by atoms with van der Waals surface area (Å²) in [6.45, 7) is 13.1. The molecule has 0 aliphatic carbocycles. The first-order valence-electron chi connectivity index (χ1n) is 7.96. The topological polar surface area (TPSA) is 30.5 Å².